The van der Waals surface area contributed by atoms with Gasteiger partial charge in [0.25, 0.3) is 5.69 Å². The summed E-state index contributed by atoms with van der Waals surface area (Å²) in [4.78, 5) is 10.9. The van der Waals surface area contributed by atoms with Crippen molar-refractivity contribution in [3.8, 4) is 0 Å². The van der Waals surface area contributed by atoms with Gasteiger partial charge in [-0.2, -0.15) is 13.2 Å². The van der Waals surface area contributed by atoms with Gasteiger partial charge in [0, 0.05) is 11.1 Å². The van der Waals surface area contributed by atoms with E-state index in [1.165, 1.54) is 12.1 Å². The van der Waals surface area contributed by atoms with Gasteiger partial charge in [0.1, 0.15) is 0 Å². The fraction of sp³-hybridized carbons (Fsp3) is 0.529. The molecule has 1 rings (SSSR count). The van der Waals surface area contributed by atoms with Crippen molar-refractivity contribution >= 4 is 11.3 Å². The van der Waals surface area contributed by atoms with E-state index in [4.69, 9.17) is 0 Å². The van der Waals surface area contributed by atoms with E-state index in [-0.39, 0.29) is 11.3 Å². The van der Waals surface area contributed by atoms with E-state index in [1.54, 1.807) is 0 Å². The van der Waals surface area contributed by atoms with Crippen molar-refractivity contribution in [3.63, 3.8) is 0 Å². The number of hydrogen-bond acceptors (Lipinski definition) is 2. The molecule has 0 unspecified atom stereocenters. The summed E-state index contributed by atoms with van der Waals surface area (Å²) in [5.41, 5.74) is -0.328. The van der Waals surface area contributed by atoms with Crippen molar-refractivity contribution in [2.45, 2.75) is 58.5 Å². The van der Waals surface area contributed by atoms with Crippen LogP contribution in [0.15, 0.2) is 18.7 Å². The molecule has 23 heavy (non-hydrogen) atoms. The topological polar surface area (TPSA) is 43.1 Å². The van der Waals surface area contributed by atoms with Crippen LogP contribution in [0.5, 0.6) is 0 Å². The first-order chi connectivity index (χ1) is 10.7. The van der Waals surface area contributed by atoms with Crippen LogP contribution in [0, 0.1) is 10.1 Å². The number of halogens is 3. The summed E-state index contributed by atoms with van der Waals surface area (Å²) >= 11 is 0. The highest BCUT2D eigenvalue weighted by atomic mass is 19.4. The molecule has 3 nitrogen and oxygen atoms in total. The number of aryl methyl sites for hydroxylation is 2. The predicted molar refractivity (Wildman–Crippen MR) is 85.4 cm³/mol. The van der Waals surface area contributed by atoms with E-state index in [9.17, 15) is 23.3 Å². The lowest BCUT2D eigenvalue weighted by Crippen LogP contribution is -2.11. The zero-order chi connectivity index (χ0) is 17.6. The lowest BCUT2D eigenvalue weighted by molar-refractivity contribution is -0.386. The Labute approximate surface area is 134 Å². The molecule has 0 amide bonds. The zero-order valence-electron chi connectivity index (χ0n) is 13.5. The molecule has 6 heteroatoms. The average molecular weight is 329 g/mol. The van der Waals surface area contributed by atoms with E-state index in [2.05, 4.69) is 6.58 Å². The van der Waals surface area contributed by atoms with E-state index in [0.29, 0.717) is 36.8 Å². The van der Waals surface area contributed by atoms with Gasteiger partial charge in [-0.3, -0.25) is 10.1 Å². The number of alkyl halides is 3. The highest BCUT2D eigenvalue weighted by molar-refractivity contribution is 5.71. The molecule has 1 aromatic rings. The van der Waals surface area contributed by atoms with Gasteiger partial charge in [-0.1, -0.05) is 33.3 Å². The van der Waals surface area contributed by atoms with Crippen LogP contribution in [-0.4, -0.2) is 11.1 Å². The number of rotatable bonds is 8. The smallest absolute Gasteiger partial charge is 0.258 e. The molecule has 0 saturated carbocycles. The number of nitrogens with zero attached hydrogens (tertiary/aromatic N) is 1. The molecule has 0 atom stereocenters. The van der Waals surface area contributed by atoms with Crippen LogP contribution < -0.4 is 0 Å². The lowest BCUT2D eigenvalue weighted by atomic mass is 9.93. The maximum absolute atomic E-state index is 12.9. The third kappa shape index (κ3) is 5.08. The van der Waals surface area contributed by atoms with Gasteiger partial charge in [0.2, 0.25) is 0 Å². The van der Waals surface area contributed by atoms with E-state index >= 15 is 0 Å². The zero-order valence-corrected chi connectivity index (χ0v) is 13.5. The summed E-state index contributed by atoms with van der Waals surface area (Å²) in [6, 6.07) is 2.55. The Bertz CT molecular complexity index is 551. The predicted octanol–water partition coefficient (Wildman–Crippen LogP) is 5.86. The van der Waals surface area contributed by atoms with Crippen LogP contribution >= 0.6 is 0 Å². The molecule has 0 heterocycles. The molecule has 0 aromatic heterocycles. The third-order valence-electron chi connectivity index (χ3n) is 3.74. The second kappa shape index (κ2) is 8.13. The van der Waals surface area contributed by atoms with Gasteiger partial charge in [0.05, 0.1) is 10.5 Å². The molecule has 0 bridgehead atoms. The van der Waals surface area contributed by atoms with Crippen LogP contribution in [-0.2, 0) is 12.8 Å². The van der Waals surface area contributed by atoms with Crippen molar-refractivity contribution in [1.29, 1.82) is 0 Å². The lowest BCUT2D eigenvalue weighted by Gasteiger charge is -2.15. The van der Waals surface area contributed by atoms with Crippen LogP contribution in [0.1, 0.15) is 56.2 Å². The first-order valence-corrected chi connectivity index (χ1v) is 7.79. The number of hydrogen-bond donors (Lipinski definition) is 0. The Morgan fingerprint density at radius 1 is 1.13 bits per heavy atom. The number of unbranched alkanes of at least 4 members (excludes halogenated alkanes) is 2. The molecular weight excluding hydrogens is 307 g/mol. The van der Waals surface area contributed by atoms with Crippen LogP contribution in [0.25, 0.3) is 5.57 Å². The Morgan fingerprint density at radius 2 is 1.57 bits per heavy atom. The van der Waals surface area contributed by atoms with Crippen LogP contribution in [0.4, 0.5) is 18.9 Å². The molecule has 0 aliphatic heterocycles. The van der Waals surface area contributed by atoms with Crippen molar-refractivity contribution in [3.05, 3.63) is 45.5 Å². The summed E-state index contributed by atoms with van der Waals surface area (Å²) in [5.74, 6) is 0. The highest BCUT2D eigenvalue weighted by Gasteiger charge is 2.34. The molecule has 0 aliphatic rings. The Kier molecular flexibility index (Phi) is 6.79. The first kappa shape index (κ1) is 19.2. The molecule has 0 spiro atoms. The minimum atomic E-state index is -4.54. The Balaban J connectivity index is 3.44. The second-order valence-corrected chi connectivity index (χ2v) is 5.58. The maximum atomic E-state index is 12.9. The van der Waals surface area contributed by atoms with Crippen molar-refractivity contribution in [2.24, 2.45) is 0 Å². The standard InChI is InChI=1S/C17H22F3NO2/c1-4-6-8-13-10-15(12(3)17(18,19)20)11-14(9-7-5-2)16(13)21(22)23/h10-11H,3-9H2,1-2H3. The van der Waals surface area contributed by atoms with Crippen molar-refractivity contribution in [1.82, 2.24) is 0 Å². The third-order valence-corrected chi connectivity index (χ3v) is 3.74. The molecule has 0 aliphatic carbocycles. The largest absolute Gasteiger partial charge is 0.416 e. The molecule has 128 valence electrons. The normalized spacial score (nSPS) is 11.5. The maximum Gasteiger partial charge on any atom is 0.416 e. The van der Waals surface area contributed by atoms with Gasteiger partial charge in [-0.15, -0.1) is 0 Å². The molecule has 0 fully saturated rings. The number of benzene rings is 1. The van der Waals surface area contributed by atoms with Gasteiger partial charge < -0.3 is 0 Å². The minimum absolute atomic E-state index is 0.0365. The summed E-state index contributed by atoms with van der Waals surface area (Å²) in [7, 11) is 0. The molecular formula is C17H22F3NO2. The summed E-state index contributed by atoms with van der Waals surface area (Å²) in [6.45, 7) is 6.98. The quantitative estimate of drug-likeness (QED) is 0.443. The number of nitro groups is 1. The monoisotopic (exact) mass is 329 g/mol. The Morgan fingerprint density at radius 3 is 1.87 bits per heavy atom. The molecule has 0 N–H and O–H groups in total. The van der Waals surface area contributed by atoms with Gasteiger partial charge in [-0.25, -0.2) is 0 Å². The summed E-state index contributed by atoms with van der Waals surface area (Å²) < 4.78 is 38.8. The van der Waals surface area contributed by atoms with Crippen LogP contribution in [0.2, 0.25) is 0 Å². The van der Waals surface area contributed by atoms with Gasteiger partial charge in [-0.05, 0) is 43.4 Å². The summed E-state index contributed by atoms with van der Waals surface area (Å²) in [6.07, 6.45) is -0.750. The van der Waals surface area contributed by atoms with Crippen LogP contribution in [0.3, 0.4) is 0 Å². The van der Waals surface area contributed by atoms with Gasteiger partial charge >= 0.3 is 6.18 Å². The second-order valence-electron chi connectivity index (χ2n) is 5.58. The van der Waals surface area contributed by atoms with E-state index in [0.717, 1.165) is 12.8 Å². The number of allylic oxidation sites excluding steroid dienone is 1. The Hall–Kier alpha value is -1.85. The fourth-order valence-corrected chi connectivity index (χ4v) is 2.45. The van der Waals surface area contributed by atoms with E-state index in [1.807, 2.05) is 13.8 Å². The molecule has 1 aromatic carbocycles. The molecule has 0 radical (unpaired) electrons. The first-order valence-electron chi connectivity index (χ1n) is 7.79. The highest BCUT2D eigenvalue weighted by Crippen LogP contribution is 2.37. The van der Waals surface area contributed by atoms with Crippen molar-refractivity contribution < 1.29 is 18.1 Å². The van der Waals surface area contributed by atoms with Crippen molar-refractivity contribution in [2.75, 3.05) is 0 Å². The average Bonchev–Trinajstić information content (AvgIpc) is 2.48. The SMILES string of the molecule is C=C(c1cc(CCCC)c([N+](=O)[O-])c(CCCC)c1)C(F)(F)F. The minimum Gasteiger partial charge on any atom is -0.258 e. The van der Waals surface area contributed by atoms with Gasteiger partial charge in [0.15, 0.2) is 0 Å². The van der Waals surface area contributed by atoms with E-state index < -0.39 is 16.7 Å². The number of nitro benzene ring substituents is 1. The molecule has 0 saturated heterocycles. The fourth-order valence-electron chi connectivity index (χ4n) is 2.45. The summed E-state index contributed by atoms with van der Waals surface area (Å²) in [5, 5.41) is 11.4.